The number of nitrogens with one attached hydrogen (secondary N) is 1. The third-order valence-corrected chi connectivity index (χ3v) is 3.79. The van der Waals surface area contributed by atoms with Gasteiger partial charge in [-0.25, -0.2) is 0 Å². The predicted octanol–water partition coefficient (Wildman–Crippen LogP) is 2.31. The SMILES string of the molecule is O=C(NCc1nc(C2CCOCC2)no1)c1ccc(C(F)(F)F)nc1. The number of nitrogens with zero attached hydrogens (tertiary/aromatic N) is 3. The van der Waals surface area contributed by atoms with Gasteiger partial charge >= 0.3 is 6.18 Å². The second-order valence-corrected chi connectivity index (χ2v) is 5.55. The van der Waals surface area contributed by atoms with E-state index in [1.165, 1.54) is 0 Å². The molecule has 0 spiro atoms. The van der Waals surface area contributed by atoms with Crippen LogP contribution < -0.4 is 5.32 Å². The molecule has 3 heterocycles. The Balaban J connectivity index is 1.56. The first-order valence-electron chi connectivity index (χ1n) is 7.65. The van der Waals surface area contributed by atoms with Gasteiger partial charge in [-0.3, -0.25) is 9.78 Å². The third kappa shape index (κ3) is 4.32. The number of carbonyl (C=O) groups excluding carboxylic acids is 1. The maximum Gasteiger partial charge on any atom is 0.433 e. The molecule has 25 heavy (non-hydrogen) atoms. The minimum Gasteiger partial charge on any atom is -0.381 e. The summed E-state index contributed by atoms with van der Waals surface area (Å²) in [5.41, 5.74) is -1.04. The highest BCUT2D eigenvalue weighted by Crippen LogP contribution is 2.27. The number of pyridine rings is 1. The number of carbonyl (C=O) groups is 1. The Bertz CT molecular complexity index is 724. The second kappa shape index (κ2) is 7.18. The number of halogens is 3. The van der Waals surface area contributed by atoms with Crippen molar-refractivity contribution in [3.63, 3.8) is 0 Å². The van der Waals surface area contributed by atoms with Gasteiger partial charge in [0.05, 0.1) is 12.1 Å². The summed E-state index contributed by atoms with van der Waals surface area (Å²) in [6.45, 7) is 1.27. The number of ether oxygens (including phenoxy) is 1. The zero-order chi connectivity index (χ0) is 17.9. The van der Waals surface area contributed by atoms with Crippen LogP contribution in [-0.4, -0.2) is 34.2 Å². The number of aromatic nitrogens is 3. The van der Waals surface area contributed by atoms with Crippen LogP contribution in [0.4, 0.5) is 13.2 Å². The van der Waals surface area contributed by atoms with Crippen molar-refractivity contribution in [1.82, 2.24) is 20.4 Å². The van der Waals surface area contributed by atoms with Gasteiger partial charge in [0.25, 0.3) is 5.91 Å². The van der Waals surface area contributed by atoms with Gasteiger partial charge in [0.1, 0.15) is 5.69 Å². The molecule has 0 atom stereocenters. The first-order chi connectivity index (χ1) is 11.9. The summed E-state index contributed by atoms with van der Waals surface area (Å²) in [4.78, 5) is 19.4. The van der Waals surface area contributed by atoms with E-state index < -0.39 is 17.8 Å². The summed E-state index contributed by atoms with van der Waals surface area (Å²) in [6, 6.07) is 1.82. The van der Waals surface area contributed by atoms with Crippen molar-refractivity contribution in [3.05, 3.63) is 41.3 Å². The second-order valence-electron chi connectivity index (χ2n) is 5.55. The first-order valence-corrected chi connectivity index (χ1v) is 7.65. The summed E-state index contributed by atoms with van der Waals surface area (Å²) in [7, 11) is 0. The van der Waals surface area contributed by atoms with Gasteiger partial charge in [-0.05, 0) is 25.0 Å². The largest absolute Gasteiger partial charge is 0.433 e. The van der Waals surface area contributed by atoms with Crippen molar-refractivity contribution in [2.75, 3.05) is 13.2 Å². The van der Waals surface area contributed by atoms with Crippen molar-refractivity contribution in [2.24, 2.45) is 0 Å². The Hall–Kier alpha value is -2.49. The van der Waals surface area contributed by atoms with Crippen LogP contribution in [0.3, 0.4) is 0 Å². The van der Waals surface area contributed by atoms with E-state index in [0.717, 1.165) is 31.2 Å². The number of hydrogen-bond acceptors (Lipinski definition) is 6. The maximum absolute atomic E-state index is 12.4. The Morgan fingerprint density at radius 1 is 1.28 bits per heavy atom. The summed E-state index contributed by atoms with van der Waals surface area (Å²) in [5.74, 6) is 0.395. The summed E-state index contributed by atoms with van der Waals surface area (Å²) < 4.78 is 47.7. The van der Waals surface area contributed by atoms with E-state index in [9.17, 15) is 18.0 Å². The van der Waals surface area contributed by atoms with E-state index in [1.807, 2.05) is 0 Å². The average Bonchev–Trinajstić information content (AvgIpc) is 3.09. The number of rotatable bonds is 4. The van der Waals surface area contributed by atoms with Gasteiger partial charge < -0.3 is 14.6 Å². The van der Waals surface area contributed by atoms with E-state index in [2.05, 4.69) is 20.4 Å². The quantitative estimate of drug-likeness (QED) is 0.904. The molecule has 1 N–H and O–H groups in total. The van der Waals surface area contributed by atoms with E-state index in [0.29, 0.717) is 19.0 Å². The molecular formula is C15H15F3N4O3. The van der Waals surface area contributed by atoms with Crippen LogP contribution in [0.15, 0.2) is 22.9 Å². The van der Waals surface area contributed by atoms with E-state index >= 15 is 0 Å². The van der Waals surface area contributed by atoms with Crippen molar-refractivity contribution >= 4 is 5.91 Å². The average molecular weight is 356 g/mol. The molecule has 0 aliphatic carbocycles. The lowest BCUT2D eigenvalue weighted by Gasteiger charge is -2.18. The fourth-order valence-corrected chi connectivity index (χ4v) is 2.42. The molecule has 0 radical (unpaired) electrons. The van der Waals surface area contributed by atoms with E-state index in [4.69, 9.17) is 9.26 Å². The molecule has 1 amide bonds. The molecular weight excluding hydrogens is 341 g/mol. The van der Waals surface area contributed by atoms with Crippen LogP contribution in [-0.2, 0) is 17.5 Å². The number of amides is 1. The highest BCUT2D eigenvalue weighted by atomic mass is 19.4. The molecule has 3 rings (SSSR count). The molecule has 0 aromatic carbocycles. The monoisotopic (exact) mass is 356 g/mol. The van der Waals surface area contributed by atoms with Crippen molar-refractivity contribution < 1.29 is 27.2 Å². The van der Waals surface area contributed by atoms with E-state index in [-0.39, 0.29) is 23.9 Å². The summed E-state index contributed by atoms with van der Waals surface area (Å²) >= 11 is 0. The molecule has 0 unspecified atom stereocenters. The molecule has 1 fully saturated rings. The van der Waals surface area contributed by atoms with Crippen molar-refractivity contribution in [1.29, 1.82) is 0 Å². The first kappa shape index (κ1) is 17.3. The Morgan fingerprint density at radius 3 is 2.68 bits per heavy atom. The van der Waals surface area contributed by atoms with Crippen LogP contribution in [0, 0.1) is 0 Å². The van der Waals surface area contributed by atoms with Crippen molar-refractivity contribution in [2.45, 2.75) is 31.5 Å². The molecule has 0 bridgehead atoms. The molecule has 1 aliphatic rings. The molecule has 2 aromatic rings. The maximum atomic E-state index is 12.4. The van der Waals surface area contributed by atoms with Gasteiger partial charge in [0, 0.05) is 25.3 Å². The van der Waals surface area contributed by atoms with Crippen LogP contribution in [0.2, 0.25) is 0 Å². The lowest BCUT2D eigenvalue weighted by atomic mass is 10.00. The van der Waals surface area contributed by atoms with Crippen LogP contribution in [0.1, 0.15) is 46.5 Å². The lowest BCUT2D eigenvalue weighted by Crippen LogP contribution is -2.23. The van der Waals surface area contributed by atoms with Crippen LogP contribution in [0.5, 0.6) is 0 Å². The highest BCUT2D eigenvalue weighted by Gasteiger charge is 2.32. The standard InChI is InChI=1S/C15H15F3N4O3/c16-15(17,18)11-2-1-10(7-19-11)14(23)20-8-12-21-13(22-25-12)9-3-5-24-6-4-9/h1-2,7,9H,3-6,8H2,(H,20,23). The third-order valence-electron chi connectivity index (χ3n) is 3.79. The topological polar surface area (TPSA) is 90.1 Å². The fourth-order valence-electron chi connectivity index (χ4n) is 2.42. The van der Waals surface area contributed by atoms with Gasteiger partial charge in [-0.1, -0.05) is 5.16 Å². The molecule has 0 saturated carbocycles. The molecule has 134 valence electrons. The molecule has 7 nitrogen and oxygen atoms in total. The van der Waals surface area contributed by atoms with Gasteiger partial charge in [0.15, 0.2) is 5.82 Å². The lowest BCUT2D eigenvalue weighted by molar-refractivity contribution is -0.141. The van der Waals surface area contributed by atoms with Crippen LogP contribution >= 0.6 is 0 Å². The normalized spacial score (nSPS) is 16.0. The Morgan fingerprint density at radius 2 is 2.04 bits per heavy atom. The van der Waals surface area contributed by atoms with Gasteiger partial charge in [0.2, 0.25) is 5.89 Å². The minimum absolute atomic E-state index is 0.0113. The summed E-state index contributed by atoms with van der Waals surface area (Å²) in [5, 5.41) is 6.41. The minimum atomic E-state index is -4.54. The van der Waals surface area contributed by atoms with Crippen LogP contribution in [0.25, 0.3) is 0 Å². The van der Waals surface area contributed by atoms with Gasteiger partial charge in [-0.15, -0.1) is 0 Å². The number of hydrogen-bond donors (Lipinski definition) is 1. The Kier molecular flexibility index (Phi) is 4.98. The highest BCUT2D eigenvalue weighted by molar-refractivity contribution is 5.93. The van der Waals surface area contributed by atoms with E-state index in [1.54, 1.807) is 0 Å². The Labute approximate surface area is 140 Å². The van der Waals surface area contributed by atoms with Crippen molar-refractivity contribution in [3.8, 4) is 0 Å². The zero-order valence-corrected chi connectivity index (χ0v) is 13.0. The zero-order valence-electron chi connectivity index (χ0n) is 13.0. The smallest absolute Gasteiger partial charge is 0.381 e. The summed E-state index contributed by atoms with van der Waals surface area (Å²) in [6.07, 6.45) is -2.05. The molecule has 1 saturated heterocycles. The fraction of sp³-hybridized carbons (Fsp3) is 0.467. The number of alkyl halides is 3. The van der Waals surface area contributed by atoms with Gasteiger partial charge in [-0.2, -0.15) is 18.2 Å². The predicted molar refractivity (Wildman–Crippen MR) is 77.5 cm³/mol. The molecule has 1 aliphatic heterocycles. The molecule has 2 aromatic heterocycles. The molecule has 10 heteroatoms.